The van der Waals surface area contributed by atoms with Gasteiger partial charge in [-0.15, -0.1) is 0 Å². The number of carbonyl (C=O) groups excluding carboxylic acids is 1. The van der Waals surface area contributed by atoms with Crippen molar-refractivity contribution in [2.45, 2.75) is 40.7 Å². The molecule has 6 nitrogen and oxygen atoms in total. The van der Waals surface area contributed by atoms with Crippen LogP contribution in [0.25, 0.3) is 0 Å². The van der Waals surface area contributed by atoms with Crippen molar-refractivity contribution in [2.75, 3.05) is 29.9 Å². The fraction of sp³-hybridized carbons (Fsp3) is 0.643. The van der Waals surface area contributed by atoms with Gasteiger partial charge in [0.15, 0.2) is 0 Å². The van der Waals surface area contributed by atoms with Crippen molar-refractivity contribution in [1.82, 2.24) is 15.3 Å². The molecule has 20 heavy (non-hydrogen) atoms. The molecule has 1 rings (SSSR count). The van der Waals surface area contributed by atoms with Crippen LogP contribution in [0.1, 0.15) is 33.3 Å². The molecule has 112 valence electrons. The minimum Gasteiger partial charge on any atom is -0.370 e. The molecule has 0 saturated carbocycles. The summed E-state index contributed by atoms with van der Waals surface area (Å²) in [5.74, 6) is 1.63. The number of rotatable bonds is 7. The molecule has 0 aliphatic heterocycles. The van der Waals surface area contributed by atoms with E-state index in [0.29, 0.717) is 6.54 Å². The van der Waals surface area contributed by atoms with Gasteiger partial charge < -0.3 is 15.5 Å². The Morgan fingerprint density at radius 2 is 2.05 bits per heavy atom. The number of hydrogen-bond donors (Lipinski definition) is 2. The lowest BCUT2D eigenvalue weighted by molar-refractivity contribution is -0.120. The van der Waals surface area contributed by atoms with Crippen molar-refractivity contribution in [3.05, 3.63) is 11.9 Å². The molecule has 1 aromatic rings. The van der Waals surface area contributed by atoms with Crippen molar-refractivity contribution in [3.63, 3.8) is 0 Å². The highest BCUT2D eigenvalue weighted by molar-refractivity contribution is 5.81. The molecule has 2 N–H and O–H groups in total. The lowest BCUT2D eigenvalue weighted by Gasteiger charge is -2.24. The summed E-state index contributed by atoms with van der Waals surface area (Å²) in [5, 5.41) is 6.10. The lowest BCUT2D eigenvalue weighted by atomic mass is 10.2. The Morgan fingerprint density at radius 1 is 1.35 bits per heavy atom. The summed E-state index contributed by atoms with van der Waals surface area (Å²) in [6, 6.07) is 0.144. The number of nitrogens with zero attached hydrogens (tertiary/aromatic N) is 3. The van der Waals surface area contributed by atoms with Crippen LogP contribution in [0.5, 0.6) is 0 Å². The summed E-state index contributed by atoms with van der Waals surface area (Å²) in [6.45, 7) is 11.7. The van der Waals surface area contributed by atoms with E-state index in [4.69, 9.17) is 0 Å². The van der Waals surface area contributed by atoms with Gasteiger partial charge in [0.05, 0.1) is 6.54 Å². The summed E-state index contributed by atoms with van der Waals surface area (Å²) < 4.78 is 0. The number of aromatic nitrogens is 2. The van der Waals surface area contributed by atoms with Crippen molar-refractivity contribution >= 4 is 17.5 Å². The van der Waals surface area contributed by atoms with Crippen LogP contribution in [0, 0.1) is 6.92 Å². The molecule has 1 heterocycles. The van der Waals surface area contributed by atoms with Gasteiger partial charge in [0.2, 0.25) is 5.91 Å². The molecule has 0 spiro atoms. The third-order valence-electron chi connectivity index (χ3n) is 2.87. The molecule has 0 fully saturated rings. The van der Waals surface area contributed by atoms with E-state index < -0.39 is 0 Å². The zero-order valence-electron chi connectivity index (χ0n) is 13.0. The average Bonchev–Trinajstić information content (AvgIpc) is 2.38. The monoisotopic (exact) mass is 279 g/mol. The van der Waals surface area contributed by atoms with Crippen molar-refractivity contribution < 1.29 is 4.79 Å². The number of anilines is 2. The highest BCUT2D eigenvalue weighted by Gasteiger charge is 2.16. The first-order valence-electron chi connectivity index (χ1n) is 7.09. The minimum atomic E-state index is 0.00450. The van der Waals surface area contributed by atoms with Crippen LogP contribution in [-0.4, -0.2) is 41.6 Å². The standard InChI is InChI=1S/C14H25N5O/c1-6-15-13-11(5)14(17-9-16-13)19(7-2)8-12(20)18-10(3)4/h9-10H,6-8H2,1-5H3,(H,18,20)(H,15,16,17). The fourth-order valence-electron chi connectivity index (χ4n) is 1.98. The molecule has 1 aromatic heterocycles. The topological polar surface area (TPSA) is 70.2 Å². The number of hydrogen-bond acceptors (Lipinski definition) is 5. The maximum absolute atomic E-state index is 11.9. The van der Waals surface area contributed by atoms with Crippen molar-refractivity contribution in [1.29, 1.82) is 0 Å². The second-order valence-electron chi connectivity index (χ2n) is 4.94. The Morgan fingerprint density at radius 3 is 2.60 bits per heavy atom. The molecule has 0 bridgehead atoms. The molecule has 0 radical (unpaired) electrons. The van der Waals surface area contributed by atoms with Crippen LogP contribution in [0.4, 0.5) is 11.6 Å². The average molecular weight is 279 g/mol. The van der Waals surface area contributed by atoms with E-state index in [0.717, 1.165) is 30.3 Å². The number of carbonyl (C=O) groups is 1. The summed E-state index contributed by atoms with van der Waals surface area (Å²) in [4.78, 5) is 22.4. The highest BCUT2D eigenvalue weighted by Crippen LogP contribution is 2.21. The summed E-state index contributed by atoms with van der Waals surface area (Å²) in [6.07, 6.45) is 1.53. The van der Waals surface area contributed by atoms with Gasteiger partial charge in [-0.1, -0.05) is 0 Å². The number of nitrogens with one attached hydrogen (secondary N) is 2. The van der Waals surface area contributed by atoms with E-state index in [2.05, 4.69) is 20.6 Å². The van der Waals surface area contributed by atoms with E-state index in [1.54, 1.807) is 0 Å². The van der Waals surface area contributed by atoms with Gasteiger partial charge in [-0.05, 0) is 34.6 Å². The summed E-state index contributed by atoms with van der Waals surface area (Å²) in [7, 11) is 0. The van der Waals surface area contributed by atoms with Crippen LogP contribution < -0.4 is 15.5 Å². The first kappa shape index (κ1) is 16.2. The van der Waals surface area contributed by atoms with Gasteiger partial charge in [-0.3, -0.25) is 4.79 Å². The normalized spacial score (nSPS) is 10.5. The Labute approximate surface area is 121 Å². The van der Waals surface area contributed by atoms with E-state index in [1.807, 2.05) is 39.5 Å². The Hall–Kier alpha value is -1.85. The van der Waals surface area contributed by atoms with E-state index in [-0.39, 0.29) is 11.9 Å². The van der Waals surface area contributed by atoms with Gasteiger partial charge in [0.1, 0.15) is 18.0 Å². The zero-order valence-corrected chi connectivity index (χ0v) is 13.0. The highest BCUT2D eigenvalue weighted by atomic mass is 16.2. The first-order chi connectivity index (χ1) is 9.49. The Bertz CT molecular complexity index is 447. The van der Waals surface area contributed by atoms with Crippen LogP contribution in [-0.2, 0) is 4.79 Å². The van der Waals surface area contributed by atoms with Gasteiger partial charge in [-0.2, -0.15) is 0 Å². The van der Waals surface area contributed by atoms with E-state index in [1.165, 1.54) is 6.33 Å². The quantitative estimate of drug-likeness (QED) is 0.793. The Balaban J connectivity index is 2.89. The molecule has 0 saturated heterocycles. The molecular weight excluding hydrogens is 254 g/mol. The van der Waals surface area contributed by atoms with Crippen LogP contribution in [0.15, 0.2) is 6.33 Å². The van der Waals surface area contributed by atoms with Crippen molar-refractivity contribution in [3.8, 4) is 0 Å². The molecule has 0 aliphatic carbocycles. The van der Waals surface area contributed by atoms with E-state index >= 15 is 0 Å². The maximum atomic E-state index is 11.9. The third kappa shape index (κ3) is 4.36. The molecule has 0 atom stereocenters. The van der Waals surface area contributed by atoms with Crippen LogP contribution in [0.2, 0.25) is 0 Å². The number of amides is 1. The molecular formula is C14H25N5O. The summed E-state index contributed by atoms with van der Waals surface area (Å²) >= 11 is 0. The van der Waals surface area contributed by atoms with Crippen LogP contribution >= 0.6 is 0 Å². The van der Waals surface area contributed by atoms with E-state index in [9.17, 15) is 4.79 Å². The Kier molecular flexibility index (Phi) is 6.21. The van der Waals surface area contributed by atoms with Crippen molar-refractivity contribution in [2.24, 2.45) is 0 Å². The smallest absolute Gasteiger partial charge is 0.239 e. The zero-order chi connectivity index (χ0) is 15.1. The lowest BCUT2D eigenvalue weighted by Crippen LogP contribution is -2.40. The largest absolute Gasteiger partial charge is 0.370 e. The maximum Gasteiger partial charge on any atom is 0.239 e. The fourth-order valence-corrected chi connectivity index (χ4v) is 1.98. The molecule has 6 heteroatoms. The van der Waals surface area contributed by atoms with Crippen LogP contribution in [0.3, 0.4) is 0 Å². The first-order valence-corrected chi connectivity index (χ1v) is 7.09. The SMILES string of the molecule is CCNc1ncnc(N(CC)CC(=O)NC(C)C)c1C. The second-order valence-corrected chi connectivity index (χ2v) is 4.94. The van der Waals surface area contributed by atoms with Gasteiger partial charge in [-0.25, -0.2) is 9.97 Å². The second kappa shape index (κ2) is 7.67. The number of likely N-dealkylation sites (N-methyl/N-ethyl adjacent to an activating group) is 1. The predicted molar refractivity (Wildman–Crippen MR) is 82.1 cm³/mol. The predicted octanol–water partition coefficient (Wildman–Crippen LogP) is 1.57. The molecule has 1 amide bonds. The molecule has 0 aliphatic rings. The molecule has 0 unspecified atom stereocenters. The molecule has 0 aromatic carbocycles. The third-order valence-corrected chi connectivity index (χ3v) is 2.87. The van der Waals surface area contributed by atoms with Gasteiger partial charge >= 0.3 is 0 Å². The van der Waals surface area contributed by atoms with Gasteiger partial charge in [0.25, 0.3) is 0 Å². The minimum absolute atomic E-state index is 0.00450. The summed E-state index contributed by atoms with van der Waals surface area (Å²) in [5.41, 5.74) is 0.966. The van der Waals surface area contributed by atoms with Gasteiger partial charge in [0, 0.05) is 24.7 Å².